The molecule has 3 heterocycles. The molecule has 2 aromatic rings. The van der Waals surface area contributed by atoms with E-state index in [-0.39, 0.29) is 5.54 Å². The van der Waals surface area contributed by atoms with E-state index in [0.717, 1.165) is 48.4 Å². The Balaban J connectivity index is 1.99. The van der Waals surface area contributed by atoms with Crippen LogP contribution in [0, 0.1) is 0 Å². The number of aromatic nitrogens is 2. The van der Waals surface area contributed by atoms with Crippen molar-refractivity contribution in [3.05, 3.63) is 11.8 Å². The molecule has 0 amide bonds. The Morgan fingerprint density at radius 2 is 2.20 bits per heavy atom. The smallest absolute Gasteiger partial charge is 0.222 e. The molecule has 0 spiro atoms. The highest BCUT2D eigenvalue weighted by molar-refractivity contribution is 5.88. The zero-order valence-electron chi connectivity index (χ0n) is 12.2. The van der Waals surface area contributed by atoms with Crippen molar-refractivity contribution in [2.45, 2.75) is 32.2 Å². The summed E-state index contributed by atoms with van der Waals surface area (Å²) < 4.78 is 5.70. The van der Waals surface area contributed by atoms with Crippen LogP contribution in [0.3, 0.4) is 0 Å². The molecule has 108 valence electrons. The first-order chi connectivity index (χ1) is 9.56. The number of furan rings is 1. The molecule has 2 aromatic heterocycles. The molecule has 1 saturated heterocycles. The molecule has 0 aromatic carbocycles. The highest BCUT2D eigenvalue weighted by atomic mass is 16.3. The van der Waals surface area contributed by atoms with Crippen LogP contribution in [-0.4, -0.2) is 35.6 Å². The molecule has 0 atom stereocenters. The van der Waals surface area contributed by atoms with Gasteiger partial charge in [0.2, 0.25) is 5.95 Å². The molecule has 20 heavy (non-hydrogen) atoms. The number of likely N-dealkylation sites (N-methyl/N-ethyl adjacent to an activating group) is 1. The summed E-state index contributed by atoms with van der Waals surface area (Å²) in [6, 6.07) is 0. The van der Waals surface area contributed by atoms with E-state index in [1.54, 1.807) is 6.26 Å². The van der Waals surface area contributed by atoms with Crippen LogP contribution in [0.2, 0.25) is 0 Å². The fraction of sp³-hybridized carbons (Fsp3) is 0.571. The third-order valence-electron chi connectivity index (χ3n) is 3.99. The van der Waals surface area contributed by atoms with Crippen LogP contribution in [-0.2, 0) is 6.42 Å². The van der Waals surface area contributed by atoms with Crippen LogP contribution >= 0.6 is 0 Å². The quantitative estimate of drug-likeness (QED) is 0.881. The molecule has 6 nitrogen and oxygen atoms in total. The van der Waals surface area contributed by atoms with Gasteiger partial charge in [-0.25, -0.2) is 4.98 Å². The summed E-state index contributed by atoms with van der Waals surface area (Å²) in [6.45, 7) is 6.10. The number of rotatable bonds is 4. The molecule has 0 saturated carbocycles. The van der Waals surface area contributed by atoms with E-state index in [2.05, 4.69) is 34.0 Å². The summed E-state index contributed by atoms with van der Waals surface area (Å²) >= 11 is 0. The molecule has 0 unspecified atom stereocenters. The number of nitrogen functional groups attached to an aromatic ring is 1. The fourth-order valence-corrected chi connectivity index (χ4v) is 2.73. The van der Waals surface area contributed by atoms with E-state index in [9.17, 15) is 0 Å². The van der Waals surface area contributed by atoms with Crippen molar-refractivity contribution in [2.24, 2.45) is 0 Å². The van der Waals surface area contributed by atoms with Crippen molar-refractivity contribution >= 4 is 22.9 Å². The monoisotopic (exact) mass is 275 g/mol. The number of nitrogens with zero attached hydrogens (tertiary/aromatic N) is 3. The Morgan fingerprint density at radius 3 is 2.85 bits per heavy atom. The number of anilines is 2. The van der Waals surface area contributed by atoms with Crippen molar-refractivity contribution in [3.8, 4) is 0 Å². The second-order valence-corrected chi connectivity index (χ2v) is 5.76. The molecule has 6 heteroatoms. The number of aryl methyl sites for hydroxylation is 1. The minimum Gasteiger partial charge on any atom is -0.458 e. The maximum absolute atomic E-state index is 5.86. The Hall–Kier alpha value is -1.82. The number of fused-ring (bicyclic) bond motifs is 1. The van der Waals surface area contributed by atoms with E-state index in [1.165, 1.54) is 0 Å². The summed E-state index contributed by atoms with van der Waals surface area (Å²) in [5.74, 6) is 1.12. The maximum atomic E-state index is 5.86. The molecule has 3 rings (SSSR count). The van der Waals surface area contributed by atoms with Crippen LogP contribution < -0.4 is 16.0 Å². The van der Waals surface area contributed by atoms with Gasteiger partial charge < -0.3 is 20.4 Å². The molecule has 1 aliphatic rings. The maximum Gasteiger partial charge on any atom is 0.222 e. The third kappa shape index (κ3) is 2.00. The average molecular weight is 275 g/mol. The SMILES string of the molecule is CCCc1coc2c(N3CC(C)(NC)C3)nc(N)nc12. The van der Waals surface area contributed by atoms with E-state index in [1.807, 2.05) is 7.05 Å². The summed E-state index contributed by atoms with van der Waals surface area (Å²) in [6.07, 6.45) is 3.77. The molecule has 0 radical (unpaired) electrons. The standard InChI is InChI=1S/C14H21N5O/c1-4-5-9-6-20-11-10(9)17-13(15)18-12(11)19-7-14(2,8-19)16-3/h6,16H,4-5,7-8H2,1-3H3,(H2,15,17,18). The van der Waals surface area contributed by atoms with Gasteiger partial charge in [-0.05, 0) is 20.4 Å². The first-order valence-corrected chi connectivity index (χ1v) is 7.04. The van der Waals surface area contributed by atoms with E-state index < -0.39 is 0 Å². The summed E-state index contributed by atoms with van der Waals surface area (Å²) in [5.41, 5.74) is 8.70. The number of nitrogens with two attached hydrogens (primary N) is 1. The number of hydrogen-bond donors (Lipinski definition) is 2. The molecule has 1 fully saturated rings. The van der Waals surface area contributed by atoms with Gasteiger partial charge in [0.05, 0.1) is 11.8 Å². The van der Waals surface area contributed by atoms with Gasteiger partial charge in [-0.15, -0.1) is 0 Å². The summed E-state index contributed by atoms with van der Waals surface area (Å²) in [5, 5.41) is 3.32. The summed E-state index contributed by atoms with van der Waals surface area (Å²) in [4.78, 5) is 10.9. The van der Waals surface area contributed by atoms with Gasteiger partial charge >= 0.3 is 0 Å². The second-order valence-electron chi connectivity index (χ2n) is 5.76. The minimum atomic E-state index is 0.130. The fourth-order valence-electron chi connectivity index (χ4n) is 2.73. The van der Waals surface area contributed by atoms with Crippen molar-refractivity contribution in [2.75, 3.05) is 30.8 Å². The lowest BCUT2D eigenvalue weighted by Crippen LogP contribution is -2.67. The lowest BCUT2D eigenvalue weighted by Gasteiger charge is -2.48. The molecule has 3 N–H and O–H groups in total. The predicted octanol–water partition coefficient (Wildman–Crippen LogP) is 1.56. The van der Waals surface area contributed by atoms with Gasteiger partial charge in [0.15, 0.2) is 11.4 Å². The van der Waals surface area contributed by atoms with E-state index >= 15 is 0 Å². The summed E-state index contributed by atoms with van der Waals surface area (Å²) in [7, 11) is 1.98. The first-order valence-electron chi connectivity index (χ1n) is 7.04. The normalized spacial score (nSPS) is 17.4. The van der Waals surface area contributed by atoms with Crippen LogP contribution in [0.25, 0.3) is 11.1 Å². The van der Waals surface area contributed by atoms with Crippen molar-refractivity contribution in [3.63, 3.8) is 0 Å². The number of hydrogen-bond acceptors (Lipinski definition) is 6. The largest absolute Gasteiger partial charge is 0.458 e. The lowest BCUT2D eigenvalue weighted by atomic mass is 9.92. The van der Waals surface area contributed by atoms with Gasteiger partial charge in [0, 0.05) is 18.7 Å². The highest BCUT2D eigenvalue weighted by Crippen LogP contribution is 2.34. The molecule has 1 aliphatic heterocycles. The zero-order chi connectivity index (χ0) is 14.3. The molecular weight excluding hydrogens is 254 g/mol. The Bertz CT molecular complexity index is 630. The van der Waals surface area contributed by atoms with Crippen molar-refractivity contribution in [1.82, 2.24) is 15.3 Å². The van der Waals surface area contributed by atoms with Crippen LogP contribution in [0.4, 0.5) is 11.8 Å². The van der Waals surface area contributed by atoms with Crippen LogP contribution in [0.15, 0.2) is 10.7 Å². The van der Waals surface area contributed by atoms with Crippen LogP contribution in [0.5, 0.6) is 0 Å². The van der Waals surface area contributed by atoms with Gasteiger partial charge in [0.25, 0.3) is 0 Å². The third-order valence-corrected chi connectivity index (χ3v) is 3.99. The predicted molar refractivity (Wildman–Crippen MR) is 79.9 cm³/mol. The zero-order valence-corrected chi connectivity index (χ0v) is 12.2. The van der Waals surface area contributed by atoms with Gasteiger partial charge in [-0.2, -0.15) is 4.98 Å². The Labute approximate surface area is 118 Å². The van der Waals surface area contributed by atoms with Crippen molar-refractivity contribution in [1.29, 1.82) is 0 Å². The van der Waals surface area contributed by atoms with Crippen molar-refractivity contribution < 1.29 is 4.42 Å². The van der Waals surface area contributed by atoms with E-state index in [0.29, 0.717) is 5.95 Å². The lowest BCUT2D eigenvalue weighted by molar-refractivity contribution is 0.301. The minimum absolute atomic E-state index is 0.130. The average Bonchev–Trinajstić information content (AvgIpc) is 2.78. The Kier molecular flexibility index (Phi) is 3.05. The molecule has 0 aliphatic carbocycles. The van der Waals surface area contributed by atoms with E-state index in [4.69, 9.17) is 10.2 Å². The molecular formula is C14H21N5O. The molecule has 0 bridgehead atoms. The van der Waals surface area contributed by atoms with Gasteiger partial charge in [0.1, 0.15) is 5.52 Å². The number of nitrogens with one attached hydrogen (secondary N) is 1. The van der Waals surface area contributed by atoms with Gasteiger partial charge in [-0.3, -0.25) is 0 Å². The second kappa shape index (κ2) is 4.63. The van der Waals surface area contributed by atoms with Gasteiger partial charge in [-0.1, -0.05) is 13.3 Å². The first kappa shape index (κ1) is 13.2. The van der Waals surface area contributed by atoms with Crippen LogP contribution in [0.1, 0.15) is 25.8 Å². The highest BCUT2D eigenvalue weighted by Gasteiger charge is 2.39. The Morgan fingerprint density at radius 1 is 1.45 bits per heavy atom. The topological polar surface area (TPSA) is 80.2 Å².